The van der Waals surface area contributed by atoms with Gasteiger partial charge in [0.15, 0.2) is 0 Å². The Bertz CT molecular complexity index is 818. The van der Waals surface area contributed by atoms with Gasteiger partial charge in [0.05, 0.1) is 6.04 Å². The van der Waals surface area contributed by atoms with Crippen molar-refractivity contribution in [3.63, 3.8) is 0 Å². The summed E-state index contributed by atoms with van der Waals surface area (Å²) in [5.74, 6) is 0.575. The van der Waals surface area contributed by atoms with E-state index in [2.05, 4.69) is 17.6 Å². The third kappa shape index (κ3) is 5.39. The minimum Gasteiger partial charge on any atom is -0.444 e. The summed E-state index contributed by atoms with van der Waals surface area (Å²) >= 11 is 5.83. The SMILES string of the molecule is CC1CN(C(=O)N[C@@H](C)c2ccc(NC(=O)OCc3ccc(Cl)cc3)cc2)C1. The molecule has 1 aliphatic rings. The number of benzene rings is 2. The van der Waals surface area contributed by atoms with Crippen LogP contribution in [-0.2, 0) is 11.3 Å². The summed E-state index contributed by atoms with van der Waals surface area (Å²) in [6.45, 7) is 5.84. The lowest BCUT2D eigenvalue weighted by Crippen LogP contribution is -2.53. The highest BCUT2D eigenvalue weighted by Crippen LogP contribution is 2.19. The van der Waals surface area contributed by atoms with Crippen molar-refractivity contribution in [2.45, 2.75) is 26.5 Å². The number of ether oxygens (including phenoxy) is 1. The molecule has 0 unspecified atom stereocenters. The molecule has 0 aromatic heterocycles. The first-order chi connectivity index (χ1) is 13.4. The molecule has 3 amide bonds. The lowest BCUT2D eigenvalue weighted by atomic mass is 10.0. The predicted molar refractivity (Wildman–Crippen MR) is 109 cm³/mol. The van der Waals surface area contributed by atoms with Crippen LogP contribution in [0.15, 0.2) is 48.5 Å². The number of anilines is 1. The number of urea groups is 1. The van der Waals surface area contributed by atoms with Crippen molar-refractivity contribution >= 4 is 29.4 Å². The lowest BCUT2D eigenvalue weighted by molar-refractivity contribution is 0.127. The molecule has 1 heterocycles. The highest BCUT2D eigenvalue weighted by Gasteiger charge is 2.27. The smallest absolute Gasteiger partial charge is 0.411 e. The van der Waals surface area contributed by atoms with E-state index in [1.165, 1.54) is 0 Å². The molecule has 0 radical (unpaired) electrons. The van der Waals surface area contributed by atoms with Crippen molar-refractivity contribution in [3.05, 3.63) is 64.7 Å². The van der Waals surface area contributed by atoms with Gasteiger partial charge in [-0.05, 0) is 48.2 Å². The second-order valence-corrected chi connectivity index (χ2v) is 7.57. The fraction of sp³-hybridized carbons (Fsp3) is 0.333. The number of amides is 3. The molecule has 2 aromatic rings. The molecule has 6 nitrogen and oxygen atoms in total. The predicted octanol–water partition coefficient (Wildman–Crippen LogP) is 4.81. The molecule has 1 fully saturated rings. The first-order valence-corrected chi connectivity index (χ1v) is 9.62. The normalized spacial score (nSPS) is 14.8. The fourth-order valence-corrected chi connectivity index (χ4v) is 3.09. The lowest BCUT2D eigenvalue weighted by Gasteiger charge is -2.37. The highest BCUT2D eigenvalue weighted by atomic mass is 35.5. The summed E-state index contributed by atoms with van der Waals surface area (Å²) in [5, 5.41) is 6.31. The van der Waals surface area contributed by atoms with Gasteiger partial charge in [-0.1, -0.05) is 42.8 Å². The van der Waals surface area contributed by atoms with Crippen molar-refractivity contribution in [3.8, 4) is 0 Å². The van der Waals surface area contributed by atoms with E-state index in [4.69, 9.17) is 16.3 Å². The van der Waals surface area contributed by atoms with Crippen molar-refractivity contribution in [1.82, 2.24) is 10.2 Å². The Labute approximate surface area is 169 Å². The Morgan fingerprint density at radius 2 is 1.79 bits per heavy atom. The summed E-state index contributed by atoms with van der Waals surface area (Å²) < 4.78 is 5.20. The van der Waals surface area contributed by atoms with Gasteiger partial charge in [0.25, 0.3) is 0 Å². The van der Waals surface area contributed by atoms with Crippen LogP contribution in [0.5, 0.6) is 0 Å². The first-order valence-electron chi connectivity index (χ1n) is 9.24. The third-order valence-electron chi connectivity index (χ3n) is 4.63. The Kier molecular flexibility index (Phi) is 6.41. The molecule has 0 aliphatic carbocycles. The van der Waals surface area contributed by atoms with Gasteiger partial charge < -0.3 is 15.0 Å². The van der Waals surface area contributed by atoms with Crippen LogP contribution >= 0.6 is 11.6 Å². The van der Waals surface area contributed by atoms with E-state index in [0.29, 0.717) is 16.6 Å². The number of likely N-dealkylation sites (tertiary alicyclic amines) is 1. The first kappa shape index (κ1) is 20.0. The molecular formula is C21H24ClN3O3. The molecule has 1 aliphatic heterocycles. The molecule has 148 valence electrons. The molecule has 1 atom stereocenters. The number of hydrogen-bond donors (Lipinski definition) is 2. The summed E-state index contributed by atoms with van der Waals surface area (Å²) in [5.41, 5.74) is 2.44. The van der Waals surface area contributed by atoms with Crippen LogP contribution in [0.25, 0.3) is 0 Å². The number of hydrogen-bond acceptors (Lipinski definition) is 3. The summed E-state index contributed by atoms with van der Waals surface area (Å²) in [4.78, 5) is 25.8. The molecule has 0 spiro atoms. The number of rotatable bonds is 5. The Morgan fingerprint density at radius 1 is 1.14 bits per heavy atom. The third-order valence-corrected chi connectivity index (χ3v) is 4.88. The van der Waals surface area contributed by atoms with E-state index >= 15 is 0 Å². The molecular weight excluding hydrogens is 378 g/mol. The maximum absolute atomic E-state index is 12.1. The van der Waals surface area contributed by atoms with Gasteiger partial charge >= 0.3 is 12.1 Å². The number of nitrogens with one attached hydrogen (secondary N) is 2. The van der Waals surface area contributed by atoms with Crippen LogP contribution in [0.2, 0.25) is 5.02 Å². The van der Waals surface area contributed by atoms with Crippen LogP contribution < -0.4 is 10.6 Å². The van der Waals surface area contributed by atoms with Crippen molar-refractivity contribution < 1.29 is 14.3 Å². The Morgan fingerprint density at radius 3 is 2.39 bits per heavy atom. The van der Waals surface area contributed by atoms with Gasteiger partial charge in [-0.25, -0.2) is 9.59 Å². The Hall–Kier alpha value is -2.73. The fourth-order valence-electron chi connectivity index (χ4n) is 2.96. The van der Waals surface area contributed by atoms with Crippen molar-refractivity contribution in [2.24, 2.45) is 5.92 Å². The van der Waals surface area contributed by atoms with E-state index in [0.717, 1.165) is 24.2 Å². The average Bonchev–Trinajstić information content (AvgIpc) is 2.65. The van der Waals surface area contributed by atoms with Crippen molar-refractivity contribution in [2.75, 3.05) is 18.4 Å². The monoisotopic (exact) mass is 401 g/mol. The van der Waals surface area contributed by atoms with Crippen LogP contribution in [0, 0.1) is 5.92 Å². The zero-order valence-corrected chi connectivity index (χ0v) is 16.7. The number of halogens is 1. The van der Waals surface area contributed by atoms with E-state index in [9.17, 15) is 9.59 Å². The van der Waals surface area contributed by atoms with Crippen LogP contribution in [0.1, 0.15) is 31.0 Å². The van der Waals surface area contributed by atoms with Gasteiger partial charge in [0.2, 0.25) is 0 Å². The molecule has 2 N–H and O–H groups in total. The van der Waals surface area contributed by atoms with Gasteiger partial charge in [-0.3, -0.25) is 5.32 Å². The van der Waals surface area contributed by atoms with Gasteiger partial charge in [-0.2, -0.15) is 0 Å². The van der Waals surface area contributed by atoms with Gasteiger partial charge in [-0.15, -0.1) is 0 Å². The molecule has 3 rings (SSSR count). The molecule has 28 heavy (non-hydrogen) atoms. The Balaban J connectivity index is 1.46. The molecule has 2 aromatic carbocycles. The molecule has 1 saturated heterocycles. The maximum Gasteiger partial charge on any atom is 0.411 e. The molecule has 0 bridgehead atoms. The molecule has 0 saturated carbocycles. The van der Waals surface area contributed by atoms with E-state index in [1.54, 1.807) is 41.3 Å². The largest absolute Gasteiger partial charge is 0.444 e. The molecule has 7 heteroatoms. The zero-order valence-electron chi connectivity index (χ0n) is 15.9. The average molecular weight is 402 g/mol. The minimum absolute atomic E-state index is 0.0430. The van der Waals surface area contributed by atoms with E-state index in [1.807, 2.05) is 19.1 Å². The number of carbonyl (C=O) groups is 2. The van der Waals surface area contributed by atoms with E-state index < -0.39 is 6.09 Å². The summed E-state index contributed by atoms with van der Waals surface area (Å²) in [7, 11) is 0. The van der Waals surface area contributed by atoms with Crippen molar-refractivity contribution in [1.29, 1.82) is 0 Å². The van der Waals surface area contributed by atoms with Crippen LogP contribution in [-0.4, -0.2) is 30.1 Å². The van der Waals surface area contributed by atoms with E-state index in [-0.39, 0.29) is 18.7 Å². The van der Waals surface area contributed by atoms with Gasteiger partial charge in [0, 0.05) is 23.8 Å². The highest BCUT2D eigenvalue weighted by molar-refractivity contribution is 6.30. The number of carbonyl (C=O) groups excluding carboxylic acids is 2. The standard InChI is InChI=1S/C21H24ClN3O3/c1-14-11-25(12-14)20(26)23-15(2)17-5-9-19(10-6-17)24-21(27)28-13-16-3-7-18(22)8-4-16/h3-10,14-15H,11-13H2,1-2H3,(H,23,26)(H,24,27)/t15-/m0/s1. The summed E-state index contributed by atoms with van der Waals surface area (Å²) in [6, 6.07) is 14.3. The zero-order chi connectivity index (χ0) is 20.1. The number of nitrogens with zero attached hydrogens (tertiary/aromatic N) is 1. The van der Waals surface area contributed by atoms with Crippen LogP contribution in [0.4, 0.5) is 15.3 Å². The quantitative estimate of drug-likeness (QED) is 0.755. The van der Waals surface area contributed by atoms with Gasteiger partial charge in [0.1, 0.15) is 6.61 Å². The summed E-state index contributed by atoms with van der Waals surface area (Å²) in [6.07, 6.45) is -0.532. The second-order valence-electron chi connectivity index (χ2n) is 7.13. The second kappa shape index (κ2) is 8.97. The maximum atomic E-state index is 12.1. The van der Waals surface area contributed by atoms with Crippen LogP contribution in [0.3, 0.4) is 0 Å². The topological polar surface area (TPSA) is 70.7 Å². The minimum atomic E-state index is -0.532.